The highest BCUT2D eigenvalue weighted by molar-refractivity contribution is 6.05. The molecule has 3 aromatic rings. The van der Waals surface area contributed by atoms with Gasteiger partial charge in [0, 0.05) is 5.69 Å². The molecule has 0 radical (unpaired) electrons. The van der Waals surface area contributed by atoms with Gasteiger partial charge in [0.15, 0.2) is 5.69 Å². The van der Waals surface area contributed by atoms with Gasteiger partial charge in [-0.1, -0.05) is 18.2 Å². The molecule has 1 aromatic heterocycles. The Bertz CT molecular complexity index is 920. The normalized spacial score (nSPS) is 11.3. The molecule has 1 N–H and O–H groups in total. The third kappa shape index (κ3) is 4.11. The number of para-hydroxylation sites is 1. The van der Waals surface area contributed by atoms with Gasteiger partial charge in [0.2, 0.25) is 0 Å². The summed E-state index contributed by atoms with van der Waals surface area (Å²) in [5.74, 6) is -0.294. The fourth-order valence-corrected chi connectivity index (χ4v) is 2.55. The van der Waals surface area contributed by atoms with Crippen LogP contribution in [-0.2, 0) is 6.18 Å². The van der Waals surface area contributed by atoms with Gasteiger partial charge in [-0.15, -0.1) is 0 Å². The molecule has 0 aliphatic carbocycles. The molecule has 0 atom stereocenters. The Kier molecular flexibility index (Phi) is 5.16. The summed E-state index contributed by atoms with van der Waals surface area (Å²) in [6.07, 6.45) is -3.84. The summed E-state index contributed by atoms with van der Waals surface area (Å²) < 4.78 is 46.8. The second-order valence-corrected chi connectivity index (χ2v) is 5.56. The number of amides is 1. The highest BCUT2D eigenvalue weighted by atomic mass is 19.4. The molecular weight excluding hydrogens is 359 g/mol. The minimum absolute atomic E-state index is 0.213. The number of nitrogens with zero attached hydrogens (tertiary/aromatic N) is 2. The fourth-order valence-electron chi connectivity index (χ4n) is 2.55. The Morgan fingerprint density at radius 3 is 2.37 bits per heavy atom. The van der Waals surface area contributed by atoms with E-state index in [9.17, 15) is 18.0 Å². The van der Waals surface area contributed by atoms with Crippen LogP contribution in [0.25, 0.3) is 5.69 Å². The molecule has 1 amide bonds. The van der Waals surface area contributed by atoms with Crippen molar-refractivity contribution in [3.05, 3.63) is 72.1 Å². The monoisotopic (exact) mass is 375 g/mol. The molecule has 0 bridgehead atoms. The first-order chi connectivity index (χ1) is 12.9. The largest absolute Gasteiger partial charge is 0.494 e. The smallest absolute Gasteiger partial charge is 0.434 e. The minimum Gasteiger partial charge on any atom is -0.494 e. The topological polar surface area (TPSA) is 56.1 Å². The predicted molar refractivity (Wildman–Crippen MR) is 94.1 cm³/mol. The van der Waals surface area contributed by atoms with Gasteiger partial charge in [-0.3, -0.25) is 4.79 Å². The summed E-state index contributed by atoms with van der Waals surface area (Å²) >= 11 is 0. The third-order valence-corrected chi connectivity index (χ3v) is 3.71. The van der Waals surface area contributed by atoms with Crippen LogP contribution in [0.4, 0.5) is 18.9 Å². The molecular formula is C19H16F3N3O2. The number of carbonyl (C=O) groups is 1. The lowest BCUT2D eigenvalue weighted by molar-refractivity contribution is -0.143. The number of carbonyl (C=O) groups excluding carboxylic acids is 1. The number of nitrogens with one attached hydrogen (secondary N) is 1. The van der Waals surface area contributed by atoms with Crippen molar-refractivity contribution in [2.75, 3.05) is 11.9 Å². The van der Waals surface area contributed by atoms with Gasteiger partial charge in [0.1, 0.15) is 5.75 Å². The summed E-state index contributed by atoms with van der Waals surface area (Å²) in [4.78, 5) is 12.4. The van der Waals surface area contributed by atoms with E-state index in [4.69, 9.17) is 4.74 Å². The molecule has 8 heteroatoms. The van der Waals surface area contributed by atoms with Crippen molar-refractivity contribution in [3.63, 3.8) is 0 Å². The Hall–Kier alpha value is -3.29. The van der Waals surface area contributed by atoms with Gasteiger partial charge in [-0.25, -0.2) is 4.68 Å². The Morgan fingerprint density at radius 1 is 1.11 bits per heavy atom. The molecule has 0 unspecified atom stereocenters. The molecule has 2 aromatic carbocycles. The van der Waals surface area contributed by atoms with Crippen molar-refractivity contribution in [2.24, 2.45) is 0 Å². The van der Waals surface area contributed by atoms with Gasteiger partial charge in [0.05, 0.1) is 24.1 Å². The van der Waals surface area contributed by atoms with E-state index in [-0.39, 0.29) is 5.69 Å². The highest BCUT2D eigenvalue weighted by Crippen LogP contribution is 2.34. The molecule has 0 fully saturated rings. The maximum atomic E-state index is 13.6. The van der Waals surface area contributed by atoms with E-state index >= 15 is 0 Å². The number of aromatic nitrogens is 2. The van der Waals surface area contributed by atoms with Gasteiger partial charge < -0.3 is 10.1 Å². The Balaban J connectivity index is 1.92. The first-order valence-corrected chi connectivity index (χ1v) is 8.15. The zero-order valence-electron chi connectivity index (χ0n) is 14.3. The molecule has 1 heterocycles. The molecule has 0 spiro atoms. The van der Waals surface area contributed by atoms with Crippen molar-refractivity contribution in [1.29, 1.82) is 0 Å². The second kappa shape index (κ2) is 7.53. The van der Waals surface area contributed by atoms with E-state index in [1.54, 1.807) is 42.5 Å². The number of ether oxygens (including phenoxy) is 1. The maximum Gasteiger partial charge on any atom is 0.434 e. The lowest BCUT2D eigenvalue weighted by atomic mass is 10.2. The van der Waals surface area contributed by atoms with Crippen molar-refractivity contribution in [2.45, 2.75) is 13.1 Å². The van der Waals surface area contributed by atoms with Crippen molar-refractivity contribution >= 4 is 11.6 Å². The molecule has 27 heavy (non-hydrogen) atoms. The number of alkyl halides is 3. The lowest BCUT2D eigenvalue weighted by Crippen LogP contribution is -2.20. The number of benzene rings is 2. The van der Waals surface area contributed by atoms with Crippen LogP contribution < -0.4 is 10.1 Å². The van der Waals surface area contributed by atoms with Crippen molar-refractivity contribution in [3.8, 4) is 11.4 Å². The third-order valence-electron chi connectivity index (χ3n) is 3.71. The van der Waals surface area contributed by atoms with E-state index in [0.717, 1.165) is 6.20 Å². The zero-order chi connectivity index (χ0) is 19.4. The number of halogens is 3. The molecule has 3 rings (SSSR count). The minimum atomic E-state index is -4.75. The van der Waals surface area contributed by atoms with Crippen LogP contribution in [0, 0.1) is 0 Å². The van der Waals surface area contributed by atoms with Crippen LogP contribution >= 0.6 is 0 Å². The van der Waals surface area contributed by atoms with Crippen LogP contribution in [0.2, 0.25) is 0 Å². The first-order valence-electron chi connectivity index (χ1n) is 8.15. The van der Waals surface area contributed by atoms with Crippen molar-refractivity contribution < 1.29 is 22.7 Å². The van der Waals surface area contributed by atoms with Gasteiger partial charge >= 0.3 is 6.18 Å². The molecule has 5 nitrogen and oxygen atoms in total. The SMILES string of the molecule is CCOc1ccc(NC(=O)c2cnn(-c3ccccc3)c2C(F)(F)F)cc1. The van der Waals surface area contributed by atoms with E-state index in [1.807, 2.05) is 6.92 Å². The number of hydrogen-bond acceptors (Lipinski definition) is 3. The van der Waals surface area contributed by atoms with Gasteiger partial charge in [-0.2, -0.15) is 18.3 Å². The summed E-state index contributed by atoms with van der Waals surface area (Å²) in [7, 11) is 0. The summed E-state index contributed by atoms with van der Waals surface area (Å²) in [5, 5.41) is 6.23. The highest BCUT2D eigenvalue weighted by Gasteiger charge is 2.40. The molecule has 0 saturated heterocycles. The maximum absolute atomic E-state index is 13.6. The zero-order valence-corrected chi connectivity index (χ0v) is 14.3. The molecule has 140 valence electrons. The second-order valence-electron chi connectivity index (χ2n) is 5.56. The van der Waals surface area contributed by atoms with Crippen LogP contribution in [0.3, 0.4) is 0 Å². The number of anilines is 1. The first kappa shape index (κ1) is 18.5. The van der Waals surface area contributed by atoms with E-state index in [2.05, 4.69) is 10.4 Å². The summed E-state index contributed by atoms with van der Waals surface area (Å²) in [6, 6.07) is 14.2. The predicted octanol–water partition coefficient (Wildman–Crippen LogP) is 4.54. The average molecular weight is 375 g/mol. The van der Waals surface area contributed by atoms with Gasteiger partial charge in [0.25, 0.3) is 5.91 Å². The molecule has 0 aliphatic heterocycles. The number of hydrogen-bond donors (Lipinski definition) is 1. The standard InChI is InChI=1S/C19H16F3N3O2/c1-2-27-15-10-8-13(9-11-15)24-18(26)16-12-23-25(17(16)19(20,21)22)14-6-4-3-5-7-14/h3-12H,2H2,1H3,(H,24,26). The quantitative estimate of drug-likeness (QED) is 0.712. The average Bonchev–Trinajstić information content (AvgIpc) is 3.10. The Morgan fingerprint density at radius 2 is 1.78 bits per heavy atom. The molecule has 0 aliphatic rings. The number of rotatable bonds is 5. The van der Waals surface area contributed by atoms with Gasteiger partial charge in [-0.05, 0) is 43.3 Å². The van der Waals surface area contributed by atoms with E-state index in [1.165, 1.54) is 12.1 Å². The van der Waals surface area contributed by atoms with E-state index in [0.29, 0.717) is 22.7 Å². The van der Waals surface area contributed by atoms with Crippen LogP contribution in [0.5, 0.6) is 5.75 Å². The van der Waals surface area contributed by atoms with Crippen LogP contribution in [0.1, 0.15) is 23.0 Å². The van der Waals surface area contributed by atoms with Crippen LogP contribution in [-0.4, -0.2) is 22.3 Å². The van der Waals surface area contributed by atoms with Crippen molar-refractivity contribution in [1.82, 2.24) is 9.78 Å². The molecule has 0 saturated carbocycles. The van der Waals surface area contributed by atoms with E-state index < -0.39 is 23.3 Å². The summed E-state index contributed by atoms with van der Waals surface area (Å²) in [6.45, 7) is 2.32. The summed E-state index contributed by atoms with van der Waals surface area (Å²) in [5.41, 5.74) is -1.12. The fraction of sp³-hybridized carbons (Fsp3) is 0.158. The van der Waals surface area contributed by atoms with Crippen LogP contribution in [0.15, 0.2) is 60.8 Å². The Labute approximate surface area is 153 Å². The lowest BCUT2D eigenvalue weighted by Gasteiger charge is -2.13.